The summed E-state index contributed by atoms with van der Waals surface area (Å²) in [7, 11) is 0. The highest BCUT2D eigenvalue weighted by Crippen LogP contribution is 2.47. The van der Waals surface area contributed by atoms with Crippen LogP contribution in [0.25, 0.3) is 0 Å². The van der Waals surface area contributed by atoms with Crippen molar-refractivity contribution in [1.82, 2.24) is 5.43 Å². The number of amides is 1. The van der Waals surface area contributed by atoms with E-state index in [4.69, 9.17) is 9.47 Å². The summed E-state index contributed by atoms with van der Waals surface area (Å²) in [4.78, 5) is 10.2. The maximum Gasteiger partial charge on any atom is 0.268 e. The minimum absolute atomic E-state index is 0.00231. The van der Waals surface area contributed by atoms with Crippen molar-refractivity contribution in [3.63, 3.8) is 0 Å². The summed E-state index contributed by atoms with van der Waals surface area (Å²) < 4.78 is 10.5. The number of carbonyl (C=O) groups is 1. The van der Waals surface area contributed by atoms with E-state index in [0.29, 0.717) is 6.42 Å². The summed E-state index contributed by atoms with van der Waals surface area (Å²) >= 11 is 0. The van der Waals surface area contributed by atoms with Crippen LogP contribution in [0.5, 0.6) is 11.5 Å². The first-order chi connectivity index (χ1) is 7.72. The molecule has 0 radical (unpaired) electrons. The van der Waals surface area contributed by atoms with Crippen LogP contribution in [-0.2, 0) is 4.79 Å². The first-order valence-electron chi connectivity index (χ1n) is 5.01. The monoisotopic (exact) mass is 218 g/mol. The molecular weight excluding hydrogens is 208 g/mol. The second kappa shape index (κ2) is 3.23. The number of hydrogen-bond acceptors (Lipinski definition) is 4. The SMILES string of the molecule is CC1=NNC(=O)C1.c1cc2c3cc1C(O2)O3. The fraction of sp³-hybridized carbons (Fsp3) is 0.273. The van der Waals surface area contributed by atoms with Gasteiger partial charge in [-0.1, -0.05) is 0 Å². The van der Waals surface area contributed by atoms with E-state index in [9.17, 15) is 4.79 Å². The molecule has 4 aliphatic rings. The Balaban J connectivity index is 0.000000106. The molecule has 0 spiro atoms. The quantitative estimate of drug-likeness (QED) is 0.715. The highest BCUT2D eigenvalue weighted by Gasteiger charge is 2.33. The lowest BCUT2D eigenvalue weighted by molar-refractivity contribution is -0.119. The molecule has 5 heteroatoms. The molecule has 16 heavy (non-hydrogen) atoms. The minimum Gasteiger partial charge on any atom is -0.447 e. The number of hydrogen-bond donors (Lipinski definition) is 1. The Kier molecular flexibility index (Phi) is 1.86. The van der Waals surface area contributed by atoms with E-state index in [1.165, 1.54) is 0 Å². The van der Waals surface area contributed by atoms with E-state index in [-0.39, 0.29) is 12.2 Å². The first-order valence-corrected chi connectivity index (χ1v) is 5.01. The topological polar surface area (TPSA) is 59.9 Å². The molecule has 5 nitrogen and oxygen atoms in total. The van der Waals surface area contributed by atoms with E-state index >= 15 is 0 Å². The van der Waals surface area contributed by atoms with Crippen LogP contribution in [0.1, 0.15) is 25.2 Å². The van der Waals surface area contributed by atoms with Crippen LogP contribution in [0.15, 0.2) is 23.3 Å². The van der Waals surface area contributed by atoms with Crippen LogP contribution < -0.4 is 14.9 Å². The number of fused-ring (bicyclic) bond motifs is 1. The van der Waals surface area contributed by atoms with Crippen molar-refractivity contribution in [3.05, 3.63) is 23.8 Å². The van der Waals surface area contributed by atoms with Gasteiger partial charge >= 0.3 is 0 Å². The van der Waals surface area contributed by atoms with Crippen molar-refractivity contribution in [1.29, 1.82) is 0 Å². The smallest absolute Gasteiger partial charge is 0.268 e. The Labute approximate surface area is 92.0 Å². The molecule has 0 aliphatic carbocycles. The maximum atomic E-state index is 10.2. The lowest BCUT2D eigenvalue weighted by atomic mass is 10.2. The molecule has 4 bridgehead atoms. The van der Waals surface area contributed by atoms with Crippen LogP contribution in [0.2, 0.25) is 0 Å². The number of carbonyl (C=O) groups excluding carboxylic acids is 1. The number of ether oxygens (including phenoxy) is 2. The molecule has 1 unspecified atom stereocenters. The molecule has 4 aliphatic heterocycles. The average molecular weight is 218 g/mol. The highest BCUT2D eigenvalue weighted by molar-refractivity contribution is 6.03. The zero-order valence-electron chi connectivity index (χ0n) is 8.69. The van der Waals surface area contributed by atoms with Gasteiger partial charge in [-0.15, -0.1) is 0 Å². The van der Waals surface area contributed by atoms with Crippen LogP contribution in [0.4, 0.5) is 0 Å². The molecule has 4 heterocycles. The fourth-order valence-corrected chi connectivity index (χ4v) is 1.72. The second-order valence-corrected chi connectivity index (χ2v) is 3.83. The summed E-state index contributed by atoms with van der Waals surface area (Å²) in [6.07, 6.45) is 0.375. The van der Waals surface area contributed by atoms with Gasteiger partial charge in [-0.2, -0.15) is 5.10 Å². The van der Waals surface area contributed by atoms with E-state index < -0.39 is 0 Å². The third-order valence-electron chi connectivity index (χ3n) is 2.50. The maximum absolute atomic E-state index is 10.2. The zero-order valence-corrected chi connectivity index (χ0v) is 8.69. The molecule has 1 aromatic rings. The van der Waals surface area contributed by atoms with Gasteiger partial charge in [-0.05, 0) is 25.1 Å². The molecule has 5 rings (SSSR count). The van der Waals surface area contributed by atoms with Crippen LogP contribution in [0.3, 0.4) is 0 Å². The summed E-state index contributed by atoms with van der Waals surface area (Å²) in [5, 5.41) is 3.63. The first kappa shape index (κ1) is 9.21. The molecule has 1 aromatic carbocycles. The molecule has 1 N–H and O–H groups in total. The number of nitrogens with one attached hydrogen (secondary N) is 1. The second-order valence-electron chi connectivity index (χ2n) is 3.83. The van der Waals surface area contributed by atoms with Crippen LogP contribution in [-0.4, -0.2) is 11.6 Å². The van der Waals surface area contributed by atoms with Gasteiger partial charge in [-0.25, -0.2) is 5.43 Å². The fourth-order valence-electron chi connectivity index (χ4n) is 1.72. The zero-order chi connectivity index (χ0) is 11.1. The molecule has 0 saturated carbocycles. The van der Waals surface area contributed by atoms with Gasteiger partial charge < -0.3 is 9.47 Å². The van der Waals surface area contributed by atoms with E-state index in [0.717, 1.165) is 22.8 Å². The van der Waals surface area contributed by atoms with Gasteiger partial charge in [0, 0.05) is 11.3 Å². The van der Waals surface area contributed by atoms with Gasteiger partial charge in [0.1, 0.15) is 0 Å². The molecule has 0 fully saturated rings. The molecule has 0 aromatic heterocycles. The van der Waals surface area contributed by atoms with Crippen molar-refractivity contribution in [2.45, 2.75) is 19.6 Å². The minimum atomic E-state index is -0.0972. The number of nitrogens with zero attached hydrogens (tertiary/aromatic N) is 1. The van der Waals surface area contributed by atoms with Crippen molar-refractivity contribution >= 4 is 11.6 Å². The number of hydrazone groups is 1. The Hall–Kier alpha value is -2.04. The summed E-state index contributed by atoms with van der Waals surface area (Å²) in [5.74, 6) is 1.78. The predicted molar refractivity (Wildman–Crippen MR) is 56.3 cm³/mol. The summed E-state index contributed by atoms with van der Waals surface area (Å²) in [6.45, 7) is 1.82. The highest BCUT2D eigenvalue weighted by atomic mass is 16.7. The van der Waals surface area contributed by atoms with Crippen molar-refractivity contribution < 1.29 is 14.3 Å². The molecule has 1 amide bonds. The Morgan fingerprint density at radius 1 is 1.38 bits per heavy atom. The largest absolute Gasteiger partial charge is 0.447 e. The van der Waals surface area contributed by atoms with Gasteiger partial charge in [0.05, 0.1) is 6.42 Å². The Bertz CT molecular complexity index is 496. The molecular formula is C11H10N2O3. The molecule has 82 valence electrons. The lowest BCUT2D eigenvalue weighted by Crippen LogP contribution is -2.08. The third-order valence-corrected chi connectivity index (χ3v) is 2.50. The van der Waals surface area contributed by atoms with Gasteiger partial charge in [-0.3, -0.25) is 4.79 Å². The lowest BCUT2D eigenvalue weighted by Gasteiger charge is -2.09. The predicted octanol–water partition coefficient (Wildman–Crippen LogP) is 1.35. The van der Waals surface area contributed by atoms with E-state index in [2.05, 4.69) is 10.5 Å². The number of benzene rings is 1. The Morgan fingerprint density at radius 2 is 2.19 bits per heavy atom. The van der Waals surface area contributed by atoms with E-state index in [1.807, 2.05) is 25.1 Å². The van der Waals surface area contributed by atoms with Crippen molar-refractivity contribution in [2.75, 3.05) is 0 Å². The summed E-state index contributed by atoms with van der Waals surface area (Å²) in [5.41, 5.74) is 4.32. The van der Waals surface area contributed by atoms with Crippen LogP contribution in [0, 0.1) is 0 Å². The van der Waals surface area contributed by atoms with Gasteiger partial charge in [0.25, 0.3) is 6.29 Å². The summed E-state index contributed by atoms with van der Waals surface area (Å²) in [6, 6.07) is 5.98. The molecule has 1 atom stereocenters. The van der Waals surface area contributed by atoms with E-state index in [1.54, 1.807) is 0 Å². The van der Waals surface area contributed by atoms with Crippen molar-refractivity contribution in [2.24, 2.45) is 5.10 Å². The van der Waals surface area contributed by atoms with Crippen molar-refractivity contribution in [3.8, 4) is 11.5 Å². The van der Waals surface area contributed by atoms with Crippen LogP contribution >= 0.6 is 0 Å². The third kappa shape index (κ3) is 1.41. The molecule has 0 saturated heterocycles. The van der Waals surface area contributed by atoms with Gasteiger partial charge in [0.15, 0.2) is 11.5 Å². The average Bonchev–Trinajstić information content (AvgIpc) is 2.92. The Morgan fingerprint density at radius 3 is 2.50 bits per heavy atom. The van der Waals surface area contributed by atoms with Gasteiger partial charge in [0.2, 0.25) is 5.91 Å². The standard InChI is InChI=1S/C7H4O2.C4H6N2O/c1-2-5-6-3-4(1)7(8-5)9-6;1-3-2-4(7)6-5-3/h1-3,7H;2H2,1H3,(H,6,7). The normalized spacial score (nSPS) is 21.9. The number of rotatable bonds is 0.